The molecule has 1 aromatic heterocycles. The average molecular weight is 516 g/mol. The summed E-state index contributed by atoms with van der Waals surface area (Å²) in [5.74, 6) is 0.871. The van der Waals surface area contributed by atoms with Crippen molar-refractivity contribution in [3.05, 3.63) is 77.4 Å². The molecule has 0 aliphatic heterocycles. The number of hydrogen-bond donors (Lipinski definition) is 2. The molecule has 7 nitrogen and oxygen atoms in total. The summed E-state index contributed by atoms with van der Waals surface area (Å²) in [6.07, 6.45) is 3.44. The lowest BCUT2D eigenvalue weighted by Gasteiger charge is -2.12. The second-order valence-electron chi connectivity index (χ2n) is 9.55. The fraction of sp³-hybridized carbons (Fsp3) is 0.310. The first-order valence-electron chi connectivity index (χ1n) is 12.6. The lowest BCUT2D eigenvalue weighted by atomic mass is 10.1. The summed E-state index contributed by atoms with van der Waals surface area (Å²) in [7, 11) is 0. The molecule has 0 spiro atoms. The van der Waals surface area contributed by atoms with Gasteiger partial charge in [-0.1, -0.05) is 39.3 Å². The van der Waals surface area contributed by atoms with E-state index in [4.69, 9.17) is 17.0 Å². The van der Waals surface area contributed by atoms with E-state index in [-0.39, 0.29) is 11.0 Å². The highest BCUT2D eigenvalue weighted by atomic mass is 32.1. The van der Waals surface area contributed by atoms with E-state index in [1.54, 1.807) is 29.1 Å². The van der Waals surface area contributed by atoms with Gasteiger partial charge in [-0.2, -0.15) is 4.80 Å². The normalized spacial score (nSPS) is 11.1. The zero-order chi connectivity index (χ0) is 26.4. The number of carbonyl (C=O) groups excluding carboxylic acids is 1. The van der Waals surface area contributed by atoms with Crippen LogP contribution < -0.4 is 15.4 Å². The van der Waals surface area contributed by atoms with E-state index < -0.39 is 0 Å². The van der Waals surface area contributed by atoms with Gasteiger partial charge >= 0.3 is 0 Å². The molecule has 3 aromatic carbocycles. The van der Waals surface area contributed by atoms with Crippen molar-refractivity contribution < 1.29 is 9.53 Å². The van der Waals surface area contributed by atoms with Gasteiger partial charge < -0.3 is 10.1 Å². The molecule has 0 unspecified atom stereocenters. The molecule has 8 heteroatoms. The number of benzene rings is 3. The van der Waals surface area contributed by atoms with Crippen molar-refractivity contribution in [1.82, 2.24) is 20.3 Å². The Balaban J connectivity index is 1.41. The molecule has 0 bridgehead atoms. The molecule has 4 rings (SSSR count). The van der Waals surface area contributed by atoms with Crippen LogP contribution in [0.25, 0.3) is 16.7 Å². The third-order valence-corrected chi connectivity index (χ3v) is 6.09. The number of aromatic nitrogens is 3. The summed E-state index contributed by atoms with van der Waals surface area (Å²) in [5.41, 5.74) is 5.94. The first kappa shape index (κ1) is 26.3. The second kappa shape index (κ2) is 12.0. The number of thiocarbonyl (C=S) groups is 1. The minimum atomic E-state index is -0.292. The summed E-state index contributed by atoms with van der Waals surface area (Å²) in [5, 5.41) is 15.4. The average Bonchev–Trinajstić information content (AvgIpc) is 3.29. The van der Waals surface area contributed by atoms with Crippen molar-refractivity contribution in [1.29, 1.82) is 0 Å². The zero-order valence-corrected chi connectivity index (χ0v) is 22.6. The van der Waals surface area contributed by atoms with Gasteiger partial charge in [0.15, 0.2) is 5.11 Å². The Morgan fingerprint density at radius 1 is 1.03 bits per heavy atom. The Morgan fingerprint density at radius 3 is 2.35 bits per heavy atom. The van der Waals surface area contributed by atoms with Crippen LogP contribution in [-0.4, -0.2) is 32.6 Å². The molecule has 4 aromatic rings. The summed E-state index contributed by atoms with van der Waals surface area (Å²) in [6, 6.07) is 19.2. The van der Waals surface area contributed by atoms with Gasteiger partial charge in [0.05, 0.1) is 12.3 Å². The highest BCUT2D eigenvalue weighted by Crippen LogP contribution is 2.22. The van der Waals surface area contributed by atoms with E-state index in [9.17, 15) is 4.79 Å². The van der Waals surface area contributed by atoms with E-state index in [1.165, 1.54) is 18.4 Å². The third kappa shape index (κ3) is 6.92. The zero-order valence-electron chi connectivity index (χ0n) is 21.7. The number of unbranched alkanes of at least 4 members (excludes halogenated alkanes) is 1. The van der Waals surface area contributed by atoms with Crippen molar-refractivity contribution in [2.24, 2.45) is 5.92 Å². The highest BCUT2D eigenvalue weighted by molar-refractivity contribution is 7.80. The number of amides is 1. The Hall–Kier alpha value is -3.78. The molecular formula is C29H33N5O2S. The quantitative estimate of drug-likeness (QED) is 0.257. The van der Waals surface area contributed by atoms with E-state index in [1.807, 2.05) is 31.2 Å². The van der Waals surface area contributed by atoms with Crippen molar-refractivity contribution in [2.75, 3.05) is 11.9 Å². The van der Waals surface area contributed by atoms with Crippen LogP contribution in [0.15, 0.2) is 60.7 Å². The molecule has 37 heavy (non-hydrogen) atoms. The van der Waals surface area contributed by atoms with Gasteiger partial charge in [0, 0.05) is 11.3 Å². The maximum atomic E-state index is 12.7. The first-order valence-corrected chi connectivity index (χ1v) is 13.1. The van der Waals surface area contributed by atoms with Gasteiger partial charge in [-0.25, -0.2) is 0 Å². The highest BCUT2D eigenvalue weighted by Gasteiger charge is 2.12. The van der Waals surface area contributed by atoms with E-state index in [0.29, 0.717) is 18.1 Å². The molecule has 192 valence electrons. The van der Waals surface area contributed by atoms with Crippen molar-refractivity contribution in [3.8, 4) is 11.4 Å². The van der Waals surface area contributed by atoms with Crippen molar-refractivity contribution in [2.45, 2.75) is 47.0 Å². The maximum absolute atomic E-state index is 12.7. The summed E-state index contributed by atoms with van der Waals surface area (Å²) in [4.78, 5) is 14.3. The Bertz CT molecular complexity index is 1380. The lowest BCUT2D eigenvalue weighted by Crippen LogP contribution is -2.34. The summed E-state index contributed by atoms with van der Waals surface area (Å²) < 4.78 is 5.68. The van der Waals surface area contributed by atoms with Crippen LogP contribution in [0.3, 0.4) is 0 Å². The predicted octanol–water partition coefficient (Wildman–Crippen LogP) is 6.23. The smallest absolute Gasteiger partial charge is 0.257 e. The number of nitrogens with one attached hydrogen (secondary N) is 2. The Labute approximate surface area is 223 Å². The molecule has 0 radical (unpaired) electrons. The maximum Gasteiger partial charge on any atom is 0.257 e. The van der Waals surface area contributed by atoms with Crippen molar-refractivity contribution >= 4 is 40.0 Å². The molecule has 0 atom stereocenters. The number of hydrogen-bond acceptors (Lipinski definition) is 5. The number of anilines is 1. The Morgan fingerprint density at radius 2 is 1.70 bits per heavy atom. The molecule has 0 saturated heterocycles. The summed E-state index contributed by atoms with van der Waals surface area (Å²) >= 11 is 5.41. The van der Waals surface area contributed by atoms with Gasteiger partial charge in [0.2, 0.25) is 0 Å². The third-order valence-electron chi connectivity index (χ3n) is 5.89. The van der Waals surface area contributed by atoms with Crippen molar-refractivity contribution in [3.63, 3.8) is 0 Å². The van der Waals surface area contributed by atoms with Crippen LogP contribution in [0.5, 0.6) is 5.75 Å². The number of rotatable bonds is 9. The number of ether oxygens (including phenoxy) is 1. The largest absolute Gasteiger partial charge is 0.493 e. The van der Waals surface area contributed by atoms with Crippen LogP contribution in [-0.2, 0) is 6.42 Å². The monoisotopic (exact) mass is 515 g/mol. The number of carbonyl (C=O) groups is 1. The van der Waals surface area contributed by atoms with Gasteiger partial charge in [0.1, 0.15) is 16.8 Å². The van der Waals surface area contributed by atoms with Gasteiger partial charge in [-0.05, 0) is 97.6 Å². The Kier molecular flexibility index (Phi) is 8.50. The van der Waals surface area contributed by atoms with Crippen LogP contribution >= 0.6 is 12.2 Å². The van der Waals surface area contributed by atoms with Crippen LogP contribution in [0.1, 0.15) is 55.1 Å². The molecule has 1 heterocycles. The van der Waals surface area contributed by atoms with Gasteiger partial charge in [-0.3, -0.25) is 10.1 Å². The standard InChI is InChI=1S/C29H33N5O2S/c1-5-6-7-21-8-12-23(13-9-21)34-32-26-16-20(4)25(17-27(26)33-34)30-29(37)31-28(35)22-10-14-24(15-11-22)36-18-19(2)3/h8-17,19H,5-7,18H2,1-4H3,(H2,30,31,35,37). The van der Waals surface area contributed by atoms with E-state index >= 15 is 0 Å². The fourth-order valence-electron chi connectivity index (χ4n) is 3.79. The van der Waals surface area contributed by atoms with E-state index in [0.717, 1.165) is 40.1 Å². The van der Waals surface area contributed by atoms with Crippen LogP contribution in [0, 0.1) is 12.8 Å². The van der Waals surface area contributed by atoms with Gasteiger partial charge in [-0.15, -0.1) is 10.2 Å². The molecule has 2 N–H and O–H groups in total. The first-order chi connectivity index (χ1) is 17.8. The predicted molar refractivity (Wildman–Crippen MR) is 153 cm³/mol. The molecule has 0 aliphatic rings. The number of fused-ring (bicyclic) bond motifs is 1. The minimum Gasteiger partial charge on any atom is -0.493 e. The summed E-state index contributed by atoms with van der Waals surface area (Å²) in [6.45, 7) is 8.96. The fourth-order valence-corrected chi connectivity index (χ4v) is 3.99. The number of aryl methyl sites for hydroxylation is 2. The SMILES string of the molecule is CCCCc1ccc(-n2nc3cc(C)c(NC(=S)NC(=O)c4ccc(OCC(C)C)cc4)cc3n2)cc1. The minimum absolute atomic E-state index is 0.211. The van der Waals surface area contributed by atoms with Gasteiger partial charge in [0.25, 0.3) is 5.91 Å². The molecule has 0 saturated carbocycles. The topological polar surface area (TPSA) is 81.1 Å². The molecular weight excluding hydrogens is 482 g/mol. The van der Waals surface area contributed by atoms with Crippen LogP contribution in [0.2, 0.25) is 0 Å². The van der Waals surface area contributed by atoms with E-state index in [2.05, 4.69) is 53.7 Å². The molecule has 1 amide bonds. The molecule has 0 fully saturated rings. The molecule has 0 aliphatic carbocycles. The number of nitrogens with zero attached hydrogens (tertiary/aromatic N) is 3. The lowest BCUT2D eigenvalue weighted by molar-refractivity contribution is 0.0977. The second-order valence-corrected chi connectivity index (χ2v) is 9.96. The van der Waals surface area contributed by atoms with Crippen LogP contribution in [0.4, 0.5) is 5.69 Å².